The lowest BCUT2D eigenvalue weighted by Crippen LogP contribution is -2.37. The maximum atomic E-state index is 5.49. The average molecular weight is 402 g/mol. The van der Waals surface area contributed by atoms with Crippen molar-refractivity contribution in [1.82, 2.24) is 20.4 Å². The summed E-state index contributed by atoms with van der Waals surface area (Å²) in [4.78, 5) is 8.89. The number of nitrogens with one attached hydrogen (secondary N) is 1. The Bertz CT molecular complexity index is 623. The summed E-state index contributed by atoms with van der Waals surface area (Å²) in [5.74, 6) is 1.23. The number of aromatic nitrogens is 3. The van der Waals surface area contributed by atoms with Gasteiger partial charge in [-0.3, -0.25) is 4.98 Å². The van der Waals surface area contributed by atoms with Crippen molar-refractivity contribution in [2.45, 2.75) is 25.2 Å². The molecule has 0 aliphatic carbocycles. The second-order valence-electron chi connectivity index (χ2n) is 5.22. The van der Waals surface area contributed by atoms with Crippen molar-refractivity contribution >= 4 is 31.9 Å². The second-order valence-corrected chi connectivity index (χ2v) is 6.99. The summed E-state index contributed by atoms with van der Waals surface area (Å²) in [6.07, 6.45) is 3.73. The minimum absolute atomic E-state index is 0.0433. The maximum Gasteiger partial charge on any atom is 0.233 e. The van der Waals surface area contributed by atoms with E-state index in [0.717, 1.165) is 34.9 Å². The third-order valence-electron chi connectivity index (χ3n) is 3.67. The number of halogens is 2. The number of nitrogens with zero attached hydrogens (tertiary/aromatic N) is 3. The van der Waals surface area contributed by atoms with Gasteiger partial charge in [-0.15, -0.1) is 0 Å². The van der Waals surface area contributed by atoms with Crippen LogP contribution in [-0.4, -0.2) is 28.2 Å². The molecule has 106 valence electrons. The SMILES string of the molecule is CC1(c2nc(-c3ncc(Br)cc3Br)no2)CCNCC1. The van der Waals surface area contributed by atoms with Crippen LogP contribution in [-0.2, 0) is 5.41 Å². The highest BCUT2D eigenvalue weighted by molar-refractivity contribution is 9.11. The van der Waals surface area contributed by atoms with Crippen molar-refractivity contribution in [1.29, 1.82) is 0 Å². The summed E-state index contributed by atoms with van der Waals surface area (Å²) in [7, 11) is 0. The first-order valence-corrected chi connectivity index (χ1v) is 8.03. The van der Waals surface area contributed by atoms with Crippen LogP contribution in [0.4, 0.5) is 0 Å². The zero-order valence-corrected chi connectivity index (χ0v) is 14.2. The lowest BCUT2D eigenvalue weighted by atomic mass is 9.81. The van der Waals surface area contributed by atoms with E-state index >= 15 is 0 Å². The molecule has 0 aromatic carbocycles. The molecule has 1 N–H and O–H groups in total. The van der Waals surface area contributed by atoms with Crippen LogP contribution in [0, 0.1) is 0 Å². The molecule has 1 saturated heterocycles. The highest BCUT2D eigenvalue weighted by Crippen LogP contribution is 2.33. The summed E-state index contributed by atoms with van der Waals surface area (Å²) >= 11 is 6.86. The van der Waals surface area contributed by atoms with E-state index in [1.165, 1.54) is 0 Å². The van der Waals surface area contributed by atoms with Gasteiger partial charge >= 0.3 is 0 Å². The number of piperidine rings is 1. The molecular formula is C13H14Br2N4O. The van der Waals surface area contributed by atoms with Gasteiger partial charge in [0.1, 0.15) is 5.69 Å². The number of hydrogen-bond acceptors (Lipinski definition) is 5. The standard InChI is InChI=1S/C13H14Br2N4O/c1-13(2-4-16-5-3-13)12-18-11(19-20-12)10-9(15)6-8(14)7-17-10/h6-7,16H,2-5H2,1H3. The molecular weight excluding hydrogens is 388 g/mol. The second kappa shape index (κ2) is 5.54. The predicted octanol–water partition coefficient (Wildman–Crippen LogP) is 3.30. The van der Waals surface area contributed by atoms with Gasteiger partial charge in [-0.1, -0.05) is 12.1 Å². The maximum absolute atomic E-state index is 5.49. The average Bonchev–Trinajstić information content (AvgIpc) is 2.90. The number of rotatable bonds is 2. The molecule has 0 spiro atoms. The highest BCUT2D eigenvalue weighted by atomic mass is 79.9. The molecule has 0 saturated carbocycles. The molecule has 1 aliphatic rings. The summed E-state index contributed by atoms with van der Waals surface area (Å²) in [5.41, 5.74) is 0.652. The molecule has 3 rings (SSSR count). The number of hydrogen-bond donors (Lipinski definition) is 1. The molecule has 5 nitrogen and oxygen atoms in total. The van der Waals surface area contributed by atoms with Crippen LogP contribution >= 0.6 is 31.9 Å². The largest absolute Gasteiger partial charge is 0.338 e. The lowest BCUT2D eigenvalue weighted by molar-refractivity contribution is 0.241. The first kappa shape index (κ1) is 14.2. The van der Waals surface area contributed by atoms with E-state index < -0.39 is 0 Å². The first-order valence-electron chi connectivity index (χ1n) is 6.45. The first-order chi connectivity index (χ1) is 9.58. The molecule has 1 aliphatic heterocycles. The summed E-state index contributed by atoms with van der Waals surface area (Å²) in [5, 5.41) is 7.43. The Morgan fingerprint density at radius 3 is 2.75 bits per heavy atom. The molecule has 1 fully saturated rings. The van der Waals surface area contributed by atoms with Gasteiger partial charge in [-0.25, -0.2) is 0 Å². The minimum Gasteiger partial charge on any atom is -0.338 e. The molecule has 2 aromatic rings. The zero-order chi connectivity index (χ0) is 14.2. The van der Waals surface area contributed by atoms with E-state index in [4.69, 9.17) is 4.52 Å². The van der Waals surface area contributed by atoms with Gasteiger partial charge in [-0.05, 0) is 63.9 Å². The van der Waals surface area contributed by atoms with E-state index in [0.29, 0.717) is 17.4 Å². The van der Waals surface area contributed by atoms with Crippen molar-refractivity contribution < 1.29 is 4.52 Å². The van der Waals surface area contributed by atoms with Crippen molar-refractivity contribution in [3.63, 3.8) is 0 Å². The Morgan fingerprint density at radius 2 is 2.05 bits per heavy atom. The minimum atomic E-state index is -0.0433. The normalized spacial score (nSPS) is 18.1. The Labute approximate surface area is 133 Å². The Kier molecular flexibility index (Phi) is 3.92. The van der Waals surface area contributed by atoms with Gasteiger partial charge in [0.05, 0.1) is 0 Å². The lowest BCUT2D eigenvalue weighted by Gasteiger charge is -2.30. The fraction of sp³-hybridized carbons (Fsp3) is 0.462. The van der Waals surface area contributed by atoms with Gasteiger partial charge < -0.3 is 9.84 Å². The van der Waals surface area contributed by atoms with Gasteiger partial charge in [0.25, 0.3) is 0 Å². The Morgan fingerprint density at radius 1 is 1.30 bits per heavy atom. The van der Waals surface area contributed by atoms with Crippen LogP contribution in [0.2, 0.25) is 0 Å². The third kappa shape index (κ3) is 2.66. The fourth-order valence-corrected chi connectivity index (χ4v) is 3.50. The topological polar surface area (TPSA) is 63.8 Å². The van der Waals surface area contributed by atoms with Crippen LogP contribution in [0.3, 0.4) is 0 Å². The van der Waals surface area contributed by atoms with E-state index in [2.05, 4.69) is 59.2 Å². The monoisotopic (exact) mass is 400 g/mol. The van der Waals surface area contributed by atoms with Crippen LogP contribution in [0.25, 0.3) is 11.5 Å². The van der Waals surface area contributed by atoms with Crippen molar-refractivity contribution in [2.75, 3.05) is 13.1 Å². The molecule has 0 amide bonds. The quantitative estimate of drug-likeness (QED) is 0.836. The fourth-order valence-electron chi connectivity index (χ4n) is 2.34. The van der Waals surface area contributed by atoms with Crippen LogP contribution in [0.5, 0.6) is 0 Å². The molecule has 3 heterocycles. The van der Waals surface area contributed by atoms with Crippen molar-refractivity contribution in [3.8, 4) is 11.5 Å². The van der Waals surface area contributed by atoms with E-state index in [1.807, 2.05) is 6.07 Å². The van der Waals surface area contributed by atoms with Crippen LogP contribution in [0.1, 0.15) is 25.7 Å². The Balaban J connectivity index is 1.93. The predicted molar refractivity (Wildman–Crippen MR) is 82.4 cm³/mol. The number of pyridine rings is 1. The van der Waals surface area contributed by atoms with Crippen molar-refractivity contribution in [3.05, 3.63) is 27.1 Å². The zero-order valence-electron chi connectivity index (χ0n) is 11.0. The smallest absolute Gasteiger partial charge is 0.233 e. The van der Waals surface area contributed by atoms with E-state index in [1.54, 1.807) is 6.20 Å². The van der Waals surface area contributed by atoms with Crippen LogP contribution in [0.15, 0.2) is 25.7 Å². The molecule has 20 heavy (non-hydrogen) atoms. The summed E-state index contributed by atoms with van der Waals surface area (Å²) in [6, 6.07) is 1.92. The van der Waals surface area contributed by atoms with Gasteiger partial charge in [0.15, 0.2) is 0 Å². The highest BCUT2D eigenvalue weighted by Gasteiger charge is 2.34. The summed E-state index contributed by atoms with van der Waals surface area (Å²) < 4.78 is 7.23. The summed E-state index contributed by atoms with van der Waals surface area (Å²) in [6.45, 7) is 4.14. The molecule has 7 heteroatoms. The molecule has 0 atom stereocenters. The van der Waals surface area contributed by atoms with Crippen LogP contribution < -0.4 is 5.32 Å². The van der Waals surface area contributed by atoms with Gasteiger partial charge in [0.2, 0.25) is 11.7 Å². The van der Waals surface area contributed by atoms with E-state index in [-0.39, 0.29) is 5.41 Å². The molecule has 0 radical (unpaired) electrons. The molecule has 0 bridgehead atoms. The van der Waals surface area contributed by atoms with Crippen molar-refractivity contribution in [2.24, 2.45) is 0 Å². The molecule has 0 unspecified atom stereocenters. The Hall–Kier alpha value is -0.790. The van der Waals surface area contributed by atoms with Gasteiger partial charge in [0, 0.05) is 20.6 Å². The van der Waals surface area contributed by atoms with Gasteiger partial charge in [-0.2, -0.15) is 4.98 Å². The molecule has 2 aromatic heterocycles. The third-order valence-corrected chi connectivity index (χ3v) is 4.71. The van der Waals surface area contributed by atoms with E-state index in [9.17, 15) is 0 Å².